The second-order valence-corrected chi connectivity index (χ2v) is 4.71. The topological polar surface area (TPSA) is 71.2 Å². The molecule has 0 aliphatic carbocycles. The van der Waals surface area contributed by atoms with E-state index in [0.717, 1.165) is 11.4 Å². The first-order valence-electron chi connectivity index (χ1n) is 7.10. The summed E-state index contributed by atoms with van der Waals surface area (Å²) in [4.78, 5) is 14.1. The molecule has 0 saturated carbocycles. The number of hydrogen-bond acceptors (Lipinski definition) is 4. The predicted molar refractivity (Wildman–Crippen MR) is 79.9 cm³/mol. The minimum absolute atomic E-state index is 0.0256. The van der Waals surface area contributed by atoms with Crippen LogP contribution in [-0.2, 0) is 17.8 Å². The number of aryl methyl sites for hydroxylation is 1. The summed E-state index contributed by atoms with van der Waals surface area (Å²) in [6.07, 6.45) is 3.07. The van der Waals surface area contributed by atoms with E-state index in [9.17, 15) is 4.79 Å². The highest BCUT2D eigenvalue weighted by Gasteiger charge is 2.15. The number of hydrogen-bond donors (Lipinski definition) is 1. The number of rotatable bonds is 7. The van der Waals surface area contributed by atoms with Crippen molar-refractivity contribution >= 4 is 11.6 Å². The van der Waals surface area contributed by atoms with Crippen molar-refractivity contribution < 1.29 is 9.90 Å². The minimum Gasteiger partial charge on any atom is -0.396 e. The number of aromatic nitrogens is 3. The number of amides is 1. The van der Waals surface area contributed by atoms with Crippen molar-refractivity contribution in [2.24, 2.45) is 0 Å². The van der Waals surface area contributed by atoms with Gasteiger partial charge in [-0.15, -0.1) is 5.10 Å². The molecular weight excluding hydrogens is 268 g/mol. The van der Waals surface area contributed by atoms with Gasteiger partial charge in [-0.3, -0.25) is 4.79 Å². The van der Waals surface area contributed by atoms with Crippen molar-refractivity contribution in [3.8, 4) is 0 Å². The van der Waals surface area contributed by atoms with Crippen LogP contribution in [0.2, 0.25) is 0 Å². The number of benzene rings is 1. The van der Waals surface area contributed by atoms with Gasteiger partial charge in [0.05, 0.1) is 5.69 Å². The summed E-state index contributed by atoms with van der Waals surface area (Å²) in [5, 5.41) is 16.7. The van der Waals surface area contributed by atoms with E-state index in [1.165, 1.54) is 0 Å². The predicted octanol–water partition coefficient (Wildman–Crippen LogP) is 1.26. The molecule has 1 aromatic heterocycles. The fourth-order valence-electron chi connectivity index (χ4n) is 2.13. The molecule has 0 aliphatic heterocycles. The van der Waals surface area contributed by atoms with Gasteiger partial charge in [0.1, 0.15) is 6.54 Å². The van der Waals surface area contributed by atoms with Gasteiger partial charge in [0, 0.05) is 25.0 Å². The number of para-hydroxylation sites is 1. The summed E-state index contributed by atoms with van der Waals surface area (Å²) in [5.41, 5.74) is 1.67. The van der Waals surface area contributed by atoms with Crippen molar-refractivity contribution in [1.29, 1.82) is 0 Å². The van der Waals surface area contributed by atoms with Gasteiger partial charge >= 0.3 is 0 Å². The molecule has 112 valence electrons. The fraction of sp³-hybridized carbons (Fsp3) is 0.400. The molecule has 0 saturated heterocycles. The first kappa shape index (κ1) is 15.2. The molecule has 2 aromatic rings. The number of nitrogens with zero attached hydrogens (tertiary/aromatic N) is 4. The average molecular weight is 288 g/mol. The monoisotopic (exact) mass is 288 g/mol. The number of carbonyl (C=O) groups is 1. The molecule has 1 N–H and O–H groups in total. The van der Waals surface area contributed by atoms with Crippen LogP contribution >= 0.6 is 0 Å². The summed E-state index contributed by atoms with van der Waals surface area (Å²) in [6.45, 7) is 2.84. The van der Waals surface area contributed by atoms with Gasteiger partial charge in [0.2, 0.25) is 5.91 Å². The molecule has 6 nitrogen and oxygen atoms in total. The van der Waals surface area contributed by atoms with Crippen LogP contribution in [0.5, 0.6) is 0 Å². The zero-order valence-electron chi connectivity index (χ0n) is 12.1. The Morgan fingerprint density at radius 3 is 2.76 bits per heavy atom. The van der Waals surface area contributed by atoms with Gasteiger partial charge in [0.25, 0.3) is 0 Å². The van der Waals surface area contributed by atoms with Crippen LogP contribution in [0.25, 0.3) is 0 Å². The molecule has 0 aliphatic rings. The van der Waals surface area contributed by atoms with Crippen molar-refractivity contribution in [3.05, 3.63) is 42.2 Å². The Balaban J connectivity index is 2.01. The number of likely N-dealkylation sites (N-methyl/N-ethyl adjacent to an activating group) is 1. The quantitative estimate of drug-likeness (QED) is 0.832. The third kappa shape index (κ3) is 4.13. The number of aliphatic hydroxyl groups excluding tert-OH is 1. The minimum atomic E-state index is -0.0256. The zero-order chi connectivity index (χ0) is 15.1. The Hall–Kier alpha value is -2.21. The van der Waals surface area contributed by atoms with Gasteiger partial charge in [0.15, 0.2) is 0 Å². The highest BCUT2D eigenvalue weighted by atomic mass is 16.2. The molecule has 0 radical (unpaired) electrons. The number of aliphatic hydroxyl groups is 1. The molecule has 0 unspecified atom stereocenters. The van der Waals surface area contributed by atoms with E-state index in [4.69, 9.17) is 5.11 Å². The number of anilines is 1. The Bertz CT molecular complexity index is 568. The Morgan fingerprint density at radius 2 is 2.10 bits per heavy atom. The average Bonchev–Trinajstić information content (AvgIpc) is 2.94. The van der Waals surface area contributed by atoms with E-state index in [0.29, 0.717) is 19.4 Å². The summed E-state index contributed by atoms with van der Waals surface area (Å²) in [7, 11) is 0. The van der Waals surface area contributed by atoms with E-state index < -0.39 is 0 Å². The molecule has 0 fully saturated rings. The fourth-order valence-corrected chi connectivity index (χ4v) is 2.13. The number of carbonyl (C=O) groups excluding carboxylic acids is 1. The standard InChI is InChI=1S/C15H20N4O2/c1-2-19(14-8-4-3-5-9-14)15(21)12-18-11-13(16-17-18)7-6-10-20/h3-5,8-9,11,20H,2,6-7,10,12H2,1H3. The summed E-state index contributed by atoms with van der Waals surface area (Å²) < 4.78 is 1.54. The maximum atomic E-state index is 12.4. The Kier molecular flexibility index (Phi) is 5.45. The summed E-state index contributed by atoms with van der Waals surface area (Å²) in [5.74, 6) is -0.0256. The molecular formula is C15H20N4O2. The first-order chi connectivity index (χ1) is 10.2. The van der Waals surface area contributed by atoms with Crippen LogP contribution < -0.4 is 4.90 Å². The van der Waals surface area contributed by atoms with Gasteiger partial charge in [-0.25, -0.2) is 4.68 Å². The summed E-state index contributed by atoms with van der Waals surface area (Å²) in [6, 6.07) is 9.57. The van der Waals surface area contributed by atoms with Gasteiger partial charge in [-0.1, -0.05) is 23.4 Å². The largest absolute Gasteiger partial charge is 0.396 e. The van der Waals surface area contributed by atoms with Gasteiger partial charge < -0.3 is 10.0 Å². The smallest absolute Gasteiger partial charge is 0.248 e. The normalized spacial score (nSPS) is 10.6. The third-order valence-corrected chi connectivity index (χ3v) is 3.16. The van der Waals surface area contributed by atoms with Crippen molar-refractivity contribution in [2.75, 3.05) is 18.1 Å². The van der Waals surface area contributed by atoms with Crippen molar-refractivity contribution in [2.45, 2.75) is 26.3 Å². The van der Waals surface area contributed by atoms with E-state index in [1.54, 1.807) is 15.8 Å². The Labute approximate surface area is 124 Å². The van der Waals surface area contributed by atoms with Crippen molar-refractivity contribution in [3.63, 3.8) is 0 Å². The second-order valence-electron chi connectivity index (χ2n) is 4.71. The highest BCUT2D eigenvalue weighted by Crippen LogP contribution is 2.13. The molecule has 2 rings (SSSR count). The zero-order valence-corrected chi connectivity index (χ0v) is 12.1. The van der Waals surface area contributed by atoms with Crippen LogP contribution in [0.3, 0.4) is 0 Å². The molecule has 1 amide bonds. The Morgan fingerprint density at radius 1 is 1.33 bits per heavy atom. The van der Waals surface area contributed by atoms with Crippen LogP contribution in [0.15, 0.2) is 36.5 Å². The molecule has 6 heteroatoms. The maximum absolute atomic E-state index is 12.4. The van der Waals surface area contributed by atoms with Crippen LogP contribution in [0, 0.1) is 0 Å². The van der Waals surface area contributed by atoms with Gasteiger partial charge in [-0.05, 0) is 31.9 Å². The highest BCUT2D eigenvalue weighted by molar-refractivity contribution is 5.93. The van der Waals surface area contributed by atoms with E-state index >= 15 is 0 Å². The molecule has 1 heterocycles. The molecule has 0 bridgehead atoms. The SMILES string of the molecule is CCN(C(=O)Cn1cc(CCCO)nn1)c1ccccc1. The maximum Gasteiger partial charge on any atom is 0.248 e. The van der Waals surface area contributed by atoms with Crippen LogP contribution in [-0.4, -0.2) is 39.2 Å². The molecule has 1 aromatic carbocycles. The second kappa shape index (κ2) is 7.54. The molecule has 0 spiro atoms. The van der Waals surface area contributed by atoms with E-state index in [-0.39, 0.29) is 19.1 Å². The third-order valence-electron chi connectivity index (χ3n) is 3.16. The van der Waals surface area contributed by atoms with Crippen LogP contribution in [0.1, 0.15) is 19.0 Å². The molecule has 0 atom stereocenters. The van der Waals surface area contributed by atoms with Gasteiger partial charge in [-0.2, -0.15) is 0 Å². The lowest BCUT2D eigenvalue weighted by Gasteiger charge is -2.20. The molecule has 21 heavy (non-hydrogen) atoms. The van der Waals surface area contributed by atoms with Crippen LogP contribution in [0.4, 0.5) is 5.69 Å². The lowest BCUT2D eigenvalue weighted by atomic mass is 10.2. The first-order valence-corrected chi connectivity index (χ1v) is 7.10. The lowest BCUT2D eigenvalue weighted by molar-refractivity contribution is -0.119. The lowest BCUT2D eigenvalue weighted by Crippen LogP contribution is -2.33. The van der Waals surface area contributed by atoms with E-state index in [2.05, 4.69) is 10.3 Å². The summed E-state index contributed by atoms with van der Waals surface area (Å²) >= 11 is 0. The van der Waals surface area contributed by atoms with Crippen molar-refractivity contribution in [1.82, 2.24) is 15.0 Å². The van der Waals surface area contributed by atoms with E-state index in [1.807, 2.05) is 37.3 Å².